The third-order valence-electron chi connectivity index (χ3n) is 3.53. The van der Waals surface area contributed by atoms with Crippen molar-refractivity contribution in [2.24, 2.45) is 7.05 Å². The van der Waals surface area contributed by atoms with Crippen LogP contribution >= 0.6 is 15.9 Å². The number of aryl methyl sites for hydroxylation is 2. The highest BCUT2D eigenvalue weighted by atomic mass is 79.9. The van der Waals surface area contributed by atoms with Gasteiger partial charge in [-0.1, -0.05) is 33.6 Å². The van der Waals surface area contributed by atoms with Crippen molar-refractivity contribution in [1.29, 1.82) is 0 Å². The van der Waals surface area contributed by atoms with E-state index in [1.54, 1.807) is 0 Å². The molecule has 0 bridgehead atoms. The summed E-state index contributed by atoms with van der Waals surface area (Å²) >= 11 is 3.72. The Morgan fingerprint density at radius 3 is 2.11 bits per heavy atom. The zero-order valence-electron chi connectivity index (χ0n) is 12.9. The van der Waals surface area contributed by atoms with E-state index in [2.05, 4.69) is 53.7 Å². The quantitative estimate of drug-likeness (QED) is 0.678. The molecule has 0 saturated carbocycles. The van der Waals surface area contributed by atoms with Crippen LogP contribution in [0.25, 0.3) is 0 Å². The van der Waals surface area contributed by atoms with Crippen LogP contribution in [0.1, 0.15) is 57.8 Å². The molecule has 19 heavy (non-hydrogen) atoms. The molecule has 0 spiro atoms. The van der Waals surface area contributed by atoms with Crippen LogP contribution in [0.4, 0.5) is 0 Å². The topological polar surface area (TPSA) is 21.1 Å². The molecule has 1 rings (SSSR count). The molecule has 1 heterocycles. The number of halogens is 1. The Morgan fingerprint density at radius 2 is 1.68 bits per heavy atom. The molecule has 0 unspecified atom stereocenters. The number of hydrogen-bond donors (Lipinski definition) is 0. The van der Waals surface area contributed by atoms with E-state index in [0.717, 1.165) is 13.0 Å². The Balaban J connectivity index is 2.73. The zero-order chi connectivity index (χ0) is 14.3. The lowest BCUT2D eigenvalue weighted by molar-refractivity contribution is 0.250. The number of aromatic nitrogens is 2. The van der Waals surface area contributed by atoms with Crippen LogP contribution in [-0.4, -0.2) is 27.8 Å². The maximum absolute atomic E-state index is 4.59. The summed E-state index contributed by atoms with van der Waals surface area (Å²) in [5.41, 5.74) is 2.48. The van der Waals surface area contributed by atoms with Crippen molar-refractivity contribution in [3.8, 4) is 0 Å². The van der Waals surface area contributed by atoms with E-state index in [-0.39, 0.29) is 0 Å². The van der Waals surface area contributed by atoms with Crippen molar-refractivity contribution in [2.75, 3.05) is 13.1 Å². The van der Waals surface area contributed by atoms with Gasteiger partial charge in [-0.3, -0.25) is 9.58 Å². The zero-order valence-corrected chi connectivity index (χ0v) is 14.5. The Morgan fingerprint density at radius 1 is 1.11 bits per heavy atom. The minimum absolute atomic E-state index is 0.984. The second-order valence-electron chi connectivity index (χ2n) is 5.17. The minimum Gasteiger partial charge on any atom is -0.297 e. The average Bonchev–Trinajstić information content (AvgIpc) is 2.68. The van der Waals surface area contributed by atoms with Gasteiger partial charge in [0.05, 0.1) is 15.9 Å². The first-order valence-corrected chi connectivity index (χ1v) is 8.35. The normalized spacial score (nSPS) is 11.5. The summed E-state index contributed by atoms with van der Waals surface area (Å²) in [7, 11) is 2.05. The van der Waals surface area contributed by atoms with Crippen LogP contribution in [0, 0.1) is 0 Å². The van der Waals surface area contributed by atoms with Crippen LogP contribution in [-0.2, 0) is 20.0 Å². The Bertz CT molecular complexity index is 366. The van der Waals surface area contributed by atoms with Gasteiger partial charge in [0.1, 0.15) is 0 Å². The Hall–Kier alpha value is -0.350. The molecular formula is C15H28BrN3. The second kappa shape index (κ2) is 8.75. The van der Waals surface area contributed by atoms with Crippen molar-refractivity contribution in [3.05, 3.63) is 15.9 Å². The molecule has 0 aliphatic rings. The van der Waals surface area contributed by atoms with Gasteiger partial charge in [0.25, 0.3) is 0 Å². The molecule has 0 fully saturated rings. The highest BCUT2D eigenvalue weighted by Crippen LogP contribution is 2.23. The van der Waals surface area contributed by atoms with Crippen LogP contribution in [0.15, 0.2) is 4.47 Å². The third kappa shape index (κ3) is 4.92. The van der Waals surface area contributed by atoms with E-state index in [1.165, 1.54) is 54.6 Å². The van der Waals surface area contributed by atoms with E-state index in [4.69, 9.17) is 0 Å². The van der Waals surface area contributed by atoms with E-state index in [1.807, 2.05) is 4.68 Å². The number of rotatable bonds is 9. The number of unbranched alkanes of at least 4 members (excludes halogenated alkanes) is 2. The fourth-order valence-electron chi connectivity index (χ4n) is 2.24. The molecule has 110 valence electrons. The van der Waals surface area contributed by atoms with Crippen LogP contribution in [0.2, 0.25) is 0 Å². The fraction of sp³-hybridized carbons (Fsp3) is 0.800. The highest BCUT2D eigenvalue weighted by molar-refractivity contribution is 9.10. The van der Waals surface area contributed by atoms with Crippen molar-refractivity contribution in [2.45, 2.75) is 59.4 Å². The van der Waals surface area contributed by atoms with E-state index >= 15 is 0 Å². The molecular weight excluding hydrogens is 302 g/mol. The summed E-state index contributed by atoms with van der Waals surface area (Å²) in [5.74, 6) is 0. The summed E-state index contributed by atoms with van der Waals surface area (Å²) in [6.45, 7) is 10.1. The van der Waals surface area contributed by atoms with Gasteiger partial charge in [-0.15, -0.1) is 0 Å². The van der Waals surface area contributed by atoms with E-state index in [0.29, 0.717) is 0 Å². The molecule has 0 radical (unpaired) electrons. The molecule has 0 aliphatic heterocycles. The van der Waals surface area contributed by atoms with Gasteiger partial charge < -0.3 is 0 Å². The monoisotopic (exact) mass is 329 g/mol. The maximum Gasteiger partial charge on any atom is 0.0767 e. The number of nitrogens with zero attached hydrogens (tertiary/aromatic N) is 3. The van der Waals surface area contributed by atoms with E-state index < -0.39 is 0 Å². The summed E-state index contributed by atoms with van der Waals surface area (Å²) in [6.07, 6.45) is 6.06. The van der Waals surface area contributed by atoms with Gasteiger partial charge in [-0.05, 0) is 48.3 Å². The van der Waals surface area contributed by atoms with Crippen LogP contribution < -0.4 is 0 Å². The van der Waals surface area contributed by atoms with Gasteiger partial charge in [-0.2, -0.15) is 5.10 Å². The predicted molar refractivity (Wildman–Crippen MR) is 85.4 cm³/mol. The minimum atomic E-state index is 0.984. The first-order chi connectivity index (χ1) is 9.13. The first kappa shape index (κ1) is 16.7. The largest absolute Gasteiger partial charge is 0.297 e. The summed E-state index contributed by atoms with van der Waals surface area (Å²) in [4.78, 5) is 2.56. The van der Waals surface area contributed by atoms with E-state index in [9.17, 15) is 0 Å². The summed E-state index contributed by atoms with van der Waals surface area (Å²) in [5, 5.41) is 4.59. The van der Waals surface area contributed by atoms with Gasteiger partial charge in [-0.25, -0.2) is 0 Å². The van der Waals surface area contributed by atoms with Crippen LogP contribution in [0.5, 0.6) is 0 Å². The summed E-state index contributed by atoms with van der Waals surface area (Å²) in [6, 6.07) is 0. The predicted octanol–water partition coefficient (Wildman–Crippen LogP) is 4.15. The lowest BCUT2D eigenvalue weighted by atomic mass is 10.2. The molecule has 3 nitrogen and oxygen atoms in total. The van der Waals surface area contributed by atoms with Gasteiger partial charge in [0, 0.05) is 13.6 Å². The molecule has 0 N–H and O–H groups in total. The highest BCUT2D eigenvalue weighted by Gasteiger charge is 2.15. The SMILES string of the molecule is CCCCN(CCCC)Cc1c(Br)c(CC)nn1C. The van der Waals surface area contributed by atoms with Crippen molar-refractivity contribution >= 4 is 15.9 Å². The molecule has 0 amide bonds. The first-order valence-electron chi connectivity index (χ1n) is 7.56. The average molecular weight is 330 g/mol. The van der Waals surface area contributed by atoms with Gasteiger partial charge >= 0.3 is 0 Å². The van der Waals surface area contributed by atoms with Gasteiger partial charge in [0.2, 0.25) is 0 Å². The molecule has 0 aliphatic carbocycles. The van der Waals surface area contributed by atoms with Crippen molar-refractivity contribution in [1.82, 2.24) is 14.7 Å². The smallest absolute Gasteiger partial charge is 0.0767 e. The lowest BCUT2D eigenvalue weighted by Gasteiger charge is -2.22. The van der Waals surface area contributed by atoms with Crippen LogP contribution in [0.3, 0.4) is 0 Å². The molecule has 0 saturated heterocycles. The Labute approximate surface area is 126 Å². The molecule has 1 aromatic heterocycles. The van der Waals surface area contributed by atoms with Gasteiger partial charge in [0.15, 0.2) is 0 Å². The second-order valence-corrected chi connectivity index (χ2v) is 5.96. The molecule has 1 aromatic rings. The summed E-state index contributed by atoms with van der Waals surface area (Å²) < 4.78 is 3.24. The maximum atomic E-state index is 4.59. The molecule has 0 atom stereocenters. The third-order valence-corrected chi connectivity index (χ3v) is 4.45. The van der Waals surface area contributed by atoms with Crippen molar-refractivity contribution in [3.63, 3.8) is 0 Å². The van der Waals surface area contributed by atoms with Crippen molar-refractivity contribution < 1.29 is 0 Å². The fourth-order valence-corrected chi connectivity index (χ4v) is 2.98. The molecule has 4 heteroatoms. The lowest BCUT2D eigenvalue weighted by Crippen LogP contribution is -2.26. The standard InChI is InChI=1S/C15H28BrN3/c1-5-8-10-19(11-9-6-2)12-14-15(16)13(7-3)17-18(14)4/h5-12H2,1-4H3. The Kier molecular flexibility index (Phi) is 7.69. The number of hydrogen-bond acceptors (Lipinski definition) is 2. The molecule has 0 aromatic carbocycles.